The second-order valence-electron chi connectivity index (χ2n) is 6.94. The molecule has 2 N–H and O–H groups in total. The molecule has 0 fully saturated rings. The van der Waals surface area contributed by atoms with E-state index in [0.717, 1.165) is 0 Å². The zero-order valence-corrected chi connectivity index (χ0v) is 13.6. The molecule has 2 unspecified atom stereocenters. The summed E-state index contributed by atoms with van der Waals surface area (Å²) in [6.45, 7) is 11.9. The molecular weight excluding hydrogens is 232 g/mol. The van der Waals surface area contributed by atoms with E-state index in [4.69, 9.17) is 5.73 Å². The van der Waals surface area contributed by atoms with Gasteiger partial charge in [0.2, 0.25) is 0 Å². The quantitative estimate of drug-likeness (QED) is 0.900. The summed E-state index contributed by atoms with van der Waals surface area (Å²) in [6.07, 6.45) is 0. The number of benzene rings is 1. The molecular formula is C17H30N2. The maximum Gasteiger partial charge on any atom is 0.0382 e. The minimum Gasteiger partial charge on any atom is -0.330 e. The third-order valence-corrected chi connectivity index (χ3v) is 3.93. The highest BCUT2D eigenvalue weighted by molar-refractivity contribution is 5.36. The maximum absolute atomic E-state index is 5.90. The van der Waals surface area contributed by atoms with Crippen LogP contribution in [0.1, 0.15) is 50.4 Å². The van der Waals surface area contributed by atoms with Crippen LogP contribution in [0.25, 0.3) is 0 Å². The number of hydrogen-bond acceptors (Lipinski definition) is 2. The third kappa shape index (κ3) is 3.80. The molecule has 0 saturated carbocycles. The van der Waals surface area contributed by atoms with Crippen LogP contribution < -0.4 is 5.73 Å². The zero-order valence-electron chi connectivity index (χ0n) is 13.6. The van der Waals surface area contributed by atoms with E-state index in [9.17, 15) is 0 Å². The summed E-state index contributed by atoms with van der Waals surface area (Å²) in [6, 6.07) is 7.24. The topological polar surface area (TPSA) is 29.3 Å². The van der Waals surface area contributed by atoms with Crippen molar-refractivity contribution in [2.75, 3.05) is 20.6 Å². The van der Waals surface area contributed by atoms with Gasteiger partial charge >= 0.3 is 0 Å². The summed E-state index contributed by atoms with van der Waals surface area (Å²) in [5.41, 5.74) is 10.2. The third-order valence-electron chi connectivity index (χ3n) is 3.93. The van der Waals surface area contributed by atoms with Crippen LogP contribution in [-0.4, -0.2) is 25.5 Å². The summed E-state index contributed by atoms with van der Waals surface area (Å²) in [4.78, 5) is 2.28. The van der Waals surface area contributed by atoms with Gasteiger partial charge in [0.05, 0.1) is 0 Å². The highest BCUT2D eigenvalue weighted by atomic mass is 15.1. The van der Waals surface area contributed by atoms with Gasteiger partial charge in [-0.3, -0.25) is 0 Å². The average Bonchev–Trinajstić information content (AvgIpc) is 2.29. The van der Waals surface area contributed by atoms with Gasteiger partial charge in [-0.15, -0.1) is 0 Å². The van der Waals surface area contributed by atoms with Crippen molar-refractivity contribution in [1.29, 1.82) is 0 Å². The molecule has 0 amide bonds. The Kier molecular flexibility index (Phi) is 5.17. The molecule has 1 aromatic rings. The molecule has 2 nitrogen and oxygen atoms in total. The van der Waals surface area contributed by atoms with Crippen molar-refractivity contribution in [2.24, 2.45) is 11.7 Å². The summed E-state index contributed by atoms with van der Waals surface area (Å²) >= 11 is 0. The summed E-state index contributed by atoms with van der Waals surface area (Å²) in [5.74, 6) is 0.448. The highest BCUT2D eigenvalue weighted by Gasteiger charge is 2.24. The van der Waals surface area contributed by atoms with E-state index in [-0.39, 0.29) is 5.41 Å². The second kappa shape index (κ2) is 6.06. The van der Waals surface area contributed by atoms with Gasteiger partial charge in [-0.25, -0.2) is 0 Å². The number of nitrogens with two attached hydrogens (primary N) is 1. The van der Waals surface area contributed by atoms with Crippen molar-refractivity contribution < 1.29 is 0 Å². The fraction of sp³-hybridized carbons (Fsp3) is 0.647. The van der Waals surface area contributed by atoms with Crippen molar-refractivity contribution in [3.63, 3.8) is 0 Å². The number of nitrogens with zero attached hydrogens (tertiary/aromatic N) is 1. The second-order valence-corrected chi connectivity index (χ2v) is 6.94. The normalized spacial score (nSPS) is 15.6. The smallest absolute Gasteiger partial charge is 0.0382 e. The van der Waals surface area contributed by atoms with Gasteiger partial charge in [0.25, 0.3) is 0 Å². The van der Waals surface area contributed by atoms with Crippen LogP contribution in [0.4, 0.5) is 0 Å². The van der Waals surface area contributed by atoms with Crippen LogP contribution in [-0.2, 0) is 5.41 Å². The van der Waals surface area contributed by atoms with Gasteiger partial charge in [-0.2, -0.15) is 0 Å². The zero-order chi connectivity index (χ0) is 14.8. The predicted octanol–water partition coefficient (Wildman–Crippen LogP) is 3.49. The monoisotopic (exact) mass is 262 g/mol. The van der Waals surface area contributed by atoms with Gasteiger partial charge in [-0.1, -0.05) is 45.9 Å². The van der Waals surface area contributed by atoms with Crippen molar-refractivity contribution in [1.82, 2.24) is 4.90 Å². The molecule has 0 heterocycles. The molecule has 0 radical (unpaired) electrons. The van der Waals surface area contributed by atoms with E-state index in [2.05, 4.69) is 71.8 Å². The predicted molar refractivity (Wildman–Crippen MR) is 84.5 cm³/mol. The lowest BCUT2D eigenvalue weighted by Crippen LogP contribution is -2.31. The lowest BCUT2D eigenvalue weighted by Gasteiger charge is -2.32. The Labute approximate surface area is 119 Å². The van der Waals surface area contributed by atoms with Gasteiger partial charge in [0.1, 0.15) is 0 Å². The van der Waals surface area contributed by atoms with Gasteiger partial charge in [0, 0.05) is 6.04 Å². The van der Waals surface area contributed by atoms with Crippen molar-refractivity contribution in [3.05, 3.63) is 34.9 Å². The molecule has 0 bridgehead atoms. The van der Waals surface area contributed by atoms with Crippen LogP contribution in [0.3, 0.4) is 0 Å². The lowest BCUT2D eigenvalue weighted by atomic mass is 9.82. The number of rotatable bonds is 4. The Morgan fingerprint density at radius 2 is 1.79 bits per heavy atom. The van der Waals surface area contributed by atoms with E-state index in [1.165, 1.54) is 16.7 Å². The maximum atomic E-state index is 5.90. The molecule has 0 aliphatic carbocycles. The lowest BCUT2D eigenvalue weighted by molar-refractivity contribution is 0.226. The molecule has 0 aliphatic heterocycles. The van der Waals surface area contributed by atoms with E-state index < -0.39 is 0 Å². The largest absolute Gasteiger partial charge is 0.330 e. The highest BCUT2D eigenvalue weighted by Crippen LogP contribution is 2.32. The summed E-state index contributed by atoms with van der Waals surface area (Å²) < 4.78 is 0. The summed E-state index contributed by atoms with van der Waals surface area (Å²) in [5, 5.41) is 0. The van der Waals surface area contributed by atoms with Crippen LogP contribution in [0.2, 0.25) is 0 Å². The first kappa shape index (κ1) is 16.2. The van der Waals surface area contributed by atoms with Crippen LogP contribution in [0.15, 0.2) is 18.2 Å². The van der Waals surface area contributed by atoms with Crippen LogP contribution >= 0.6 is 0 Å². The van der Waals surface area contributed by atoms with Gasteiger partial charge < -0.3 is 10.6 Å². The number of aryl methyl sites for hydroxylation is 1. The SMILES string of the molecule is Cc1ccc(C(C)(C)C)cc1C(C(C)CN)N(C)C. The van der Waals surface area contributed by atoms with E-state index in [0.29, 0.717) is 18.5 Å². The average molecular weight is 262 g/mol. The molecule has 108 valence electrons. The van der Waals surface area contributed by atoms with Crippen molar-refractivity contribution >= 4 is 0 Å². The molecule has 2 heteroatoms. The Morgan fingerprint density at radius 3 is 2.21 bits per heavy atom. The van der Waals surface area contributed by atoms with Gasteiger partial charge in [-0.05, 0) is 55.6 Å². The van der Waals surface area contributed by atoms with E-state index >= 15 is 0 Å². The number of hydrogen-bond donors (Lipinski definition) is 1. The van der Waals surface area contributed by atoms with Crippen molar-refractivity contribution in [2.45, 2.75) is 46.1 Å². The Bertz CT molecular complexity index is 416. The Morgan fingerprint density at radius 1 is 1.21 bits per heavy atom. The summed E-state index contributed by atoms with van der Waals surface area (Å²) in [7, 11) is 4.28. The molecule has 1 rings (SSSR count). The van der Waals surface area contributed by atoms with Crippen molar-refractivity contribution in [3.8, 4) is 0 Å². The Hall–Kier alpha value is -0.860. The minimum atomic E-state index is 0.186. The van der Waals surface area contributed by atoms with E-state index in [1.54, 1.807) is 0 Å². The molecule has 0 aliphatic rings. The molecule has 19 heavy (non-hydrogen) atoms. The first-order valence-electron chi connectivity index (χ1n) is 7.16. The van der Waals surface area contributed by atoms with Crippen LogP contribution in [0, 0.1) is 12.8 Å². The van der Waals surface area contributed by atoms with E-state index in [1.807, 2.05) is 0 Å². The Balaban J connectivity index is 3.30. The molecule has 2 atom stereocenters. The first-order valence-corrected chi connectivity index (χ1v) is 7.16. The fourth-order valence-corrected chi connectivity index (χ4v) is 2.65. The van der Waals surface area contributed by atoms with Gasteiger partial charge in [0.15, 0.2) is 0 Å². The van der Waals surface area contributed by atoms with Crippen LogP contribution in [0.5, 0.6) is 0 Å². The standard InChI is InChI=1S/C17H30N2/c1-12-8-9-14(17(3,4)5)10-15(12)16(19(6)7)13(2)11-18/h8-10,13,16H,11,18H2,1-7H3. The first-order chi connectivity index (χ1) is 8.68. The molecule has 1 aromatic carbocycles. The molecule has 0 aromatic heterocycles. The molecule has 0 spiro atoms. The molecule has 0 saturated heterocycles. The fourth-order valence-electron chi connectivity index (χ4n) is 2.65. The minimum absolute atomic E-state index is 0.186.